The summed E-state index contributed by atoms with van der Waals surface area (Å²) in [5.74, 6) is 1.50. The summed E-state index contributed by atoms with van der Waals surface area (Å²) in [6, 6.07) is 36.2. The molecule has 4 aromatic carbocycles. The normalized spacial score (nSPS) is 12.8. The fourth-order valence-electron chi connectivity index (χ4n) is 6.67. The van der Waals surface area contributed by atoms with Crippen molar-refractivity contribution in [2.75, 3.05) is 0 Å². The molecular formula is C46H44IrN4O-2. The van der Waals surface area contributed by atoms with E-state index >= 15 is 0 Å². The van der Waals surface area contributed by atoms with Crippen molar-refractivity contribution in [1.29, 1.82) is 0 Å². The van der Waals surface area contributed by atoms with Crippen LogP contribution in [0.4, 0.5) is 0 Å². The third-order valence-corrected chi connectivity index (χ3v) is 9.25. The van der Waals surface area contributed by atoms with Crippen LogP contribution in [0.25, 0.3) is 61.3 Å². The topological polar surface area (TPSA) is 56.7 Å². The molecule has 0 atom stereocenters. The number of nitrogens with zero attached hydrogens (tertiary/aromatic N) is 4. The van der Waals surface area contributed by atoms with Gasteiger partial charge in [-0.05, 0) is 52.6 Å². The molecule has 8 aromatic rings. The van der Waals surface area contributed by atoms with Gasteiger partial charge in [0.15, 0.2) is 0 Å². The first-order chi connectivity index (χ1) is 25.7. The van der Waals surface area contributed by atoms with Gasteiger partial charge in [0.2, 0.25) is 0 Å². The van der Waals surface area contributed by atoms with E-state index in [0.717, 1.165) is 61.2 Å². The molecule has 0 saturated heterocycles. The summed E-state index contributed by atoms with van der Waals surface area (Å²) in [5, 5.41) is 2.17. The molecule has 1 radical (unpaired) electrons. The summed E-state index contributed by atoms with van der Waals surface area (Å²) in [6.07, 6.45) is 5.32. The van der Waals surface area contributed by atoms with E-state index in [-0.39, 0.29) is 31.1 Å². The fourth-order valence-corrected chi connectivity index (χ4v) is 6.67. The standard InChI is InChI=1S/C34H34N3O.C12H10N.Ir/c1-20(2)22-13-10-14-23(21(3)4)31(22)37-28-19-35-18-27(34(5,6)7)30(28)36-33(37)26-16-11-15-25-24-12-8-9-17-29(24)38-32(25)26;1-10-7-8-12(13-9-10)11-5-3-2-4-6-11;/h8-15,17-21H,1-7H3;2-5,7-9H,1H3;/q2*-1;/i;1D3;. The average Bonchev–Trinajstić information content (AvgIpc) is 3.73. The Balaban J connectivity index is 0.000000254. The maximum absolute atomic E-state index is 7.23. The molecular weight excluding hydrogens is 817 g/mol. The predicted molar refractivity (Wildman–Crippen MR) is 211 cm³/mol. The van der Waals surface area contributed by atoms with Crippen molar-refractivity contribution < 1.29 is 28.6 Å². The minimum Gasteiger partial charge on any atom is -0.501 e. The van der Waals surface area contributed by atoms with E-state index in [0.29, 0.717) is 11.8 Å². The van der Waals surface area contributed by atoms with Crippen molar-refractivity contribution in [2.24, 2.45) is 0 Å². The second-order valence-electron chi connectivity index (χ2n) is 14.6. The molecule has 0 N–H and O–H groups in total. The Morgan fingerprint density at radius 3 is 2.17 bits per heavy atom. The van der Waals surface area contributed by atoms with Gasteiger partial charge in [0.05, 0.1) is 28.6 Å². The van der Waals surface area contributed by atoms with Gasteiger partial charge < -0.3 is 14.0 Å². The Kier molecular flexibility index (Phi) is 9.50. The van der Waals surface area contributed by atoms with Crippen molar-refractivity contribution in [3.8, 4) is 28.3 Å². The van der Waals surface area contributed by atoms with E-state index in [2.05, 4.69) is 107 Å². The van der Waals surface area contributed by atoms with Crippen molar-refractivity contribution in [1.82, 2.24) is 19.5 Å². The Morgan fingerprint density at radius 2 is 1.52 bits per heavy atom. The molecule has 265 valence electrons. The summed E-state index contributed by atoms with van der Waals surface area (Å²) in [4.78, 5) is 14.2. The second-order valence-corrected chi connectivity index (χ2v) is 14.6. The maximum Gasteiger partial charge on any atom is 0.120 e. The van der Waals surface area contributed by atoms with Crippen LogP contribution in [0.15, 0.2) is 114 Å². The van der Waals surface area contributed by atoms with Gasteiger partial charge in [-0.1, -0.05) is 108 Å². The molecule has 0 spiro atoms. The Morgan fingerprint density at radius 1 is 0.769 bits per heavy atom. The van der Waals surface area contributed by atoms with Gasteiger partial charge in [0, 0.05) is 53.2 Å². The van der Waals surface area contributed by atoms with Gasteiger partial charge in [-0.2, -0.15) is 0 Å². The Labute approximate surface area is 324 Å². The number of aromatic nitrogens is 4. The van der Waals surface area contributed by atoms with Crippen LogP contribution in [0.5, 0.6) is 0 Å². The van der Waals surface area contributed by atoms with E-state index in [1.165, 1.54) is 23.0 Å². The summed E-state index contributed by atoms with van der Waals surface area (Å²) in [7, 11) is 0. The molecule has 0 unspecified atom stereocenters. The Hall–Kier alpha value is -4.90. The van der Waals surface area contributed by atoms with Crippen LogP contribution < -0.4 is 0 Å². The molecule has 0 fully saturated rings. The van der Waals surface area contributed by atoms with Crippen molar-refractivity contribution in [3.63, 3.8) is 0 Å². The zero-order valence-electron chi connectivity index (χ0n) is 33.6. The van der Waals surface area contributed by atoms with Gasteiger partial charge in [-0.15, -0.1) is 54.1 Å². The van der Waals surface area contributed by atoms with Gasteiger partial charge in [0.25, 0.3) is 0 Å². The number of para-hydroxylation sites is 2. The van der Waals surface area contributed by atoms with E-state index in [4.69, 9.17) is 18.5 Å². The minimum absolute atomic E-state index is 0. The molecule has 4 heterocycles. The molecule has 0 saturated carbocycles. The number of hydrogen-bond donors (Lipinski definition) is 0. The molecule has 52 heavy (non-hydrogen) atoms. The van der Waals surface area contributed by atoms with Crippen LogP contribution in [-0.4, -0.2) is 19.5 Å². The number of benzene rings is 4. The van der Waals surface area contributed by atoms with E-state index < -0.39 is 6.85 Å². The summed E-state index contributed by atoms with van der Waals surface area (Å²) in [5.41, 5.74) is 11.1. The molecule has 0 aliphatic heterocycles. The molecule has 0 bridgehead atoms. The van der Waals surface area contributed by atoms with Crippen LogP contribution in [0, 0.1) is 19.0 Å². The minimum atomic E-state index is -2.09. The number of aryl methyl sites for hydroxylation is 1. The number of imidazole rings is 1. The van der Waals surface area contributed by atoms with E-state index in [1.54, 1.807) is 18.2 Å². The third kappa shape index (κ3) is 6.98. The first-order valence-electron chi connectivity index (χ1n) is 19.0. The van der Waals surface area contributed by atoms with Crippen LogP contribution in [0.1, 0.15) is 86.7 Å². The zero-order valence-corrected chi connectivity index (χ0v) is 33.0. The number of fused-ring (bicyclic) bond motifs is 4. The number of rotatable bonds is 5. The van der Waals surface area contributed by atoms with Crippen LogP contribution >= 0.6 is 0 Å². The largest absolute Gasteiger partial charge is 0.501 e. The maximum atomic E-state index is 7.23. The Bertz CT molecular complexity index is 2560. The van der Waals surface area contributed by atoms with Crippen molar-refractivity contribution in [3.05, 3.63) is 144 Å². The van der Waals surface area contributed by atoms with Gasteiger partial charge in [-0.25, -0.2) is 0 Å². The van der Waals surface area contributed by atoms with E-state index in [1.807, 2.05) is 48.8 Å². The summed E-state index contributed by atoms with van der Waals surface area (Å²) in [6.45, 7) is 13.6. The molecule has 4 aromatic heterocycles. The van der Waals surface area contributed by atoms with Crippen LogP contribution in [0.2, 0.25) is 0 Å². The van der Waals surface area contributed by atoms with Crippen molar-refractivity contribution >= 4 is 33.0 Å². The molecule has 8 rings (SSSR count). The third-order valence-electron chi connectivity index (χ3n) is 9.25. The van der Waals surface area contributed by atoms with Crippen LogP contribution in [0.3, 0.4) is 0 Å². The SMILES string of the molecule is CC(C)c1cccc(C(C)C)c1-n1c(-c2[c-]ccc3c2oc2ccccc23)nc2c(C(C)(C)C)cncc21.[2H]C([2H])([2H])c1ccc(-c2[c-]cccc2)nc1.[Ir]. The first-order valence-corrected chi connectivity index (χ1v) is 17.5. The average molecular weight is 864 g/mol. The summed E-state index contributed by atoms with van der Waals surface area (Å²) >= 11 is 0. The van der Waals surface area contributed by atoms with Crippen molar-refractivity contribution in [2.45, 2.75) is 72.6 Å². The molecule has 0 amide bonds. The monoisotopic (exact) mass is 864 g/mol. The van der Waals surface area contributed by atoms with Gasteiger partial charge in [-0.3, -0.25) is 9.97 Å². The first kappa shape index (κ1) is 33.0. The predicted octanol–water partition coefficient (Wildman–Crippen LogP) is 12.2. The van der Waals surface area contributed by atoms with Gasteiger partial charge in [0.1, 0.15) is 5.58 Å². The molecule has 0 aliphatic rings. The summed E-state index contributed by atoms with van der Waals surface area (Å²) < 4.78 is 30.5. The second kappa shape index (κ2) is 15.0. The quantitative estimate of drug-likeness (QED) is 0.162. The zero-order chi connectivity index (χ0) is 38.4. The number of furan rings is 1. The van der Waals surface area contributed by atoms with E-state index in [9.17, 15) is 0 Å². The molecule has 6 heteroatoms. The number of pyridine rings is 2. The van der Waals surface area contributed by atoms with Crippen LogP contribution in [-0.2, 0) is 25.5 Å². The van der Waals surface area contributed by atoms with Gasteiger partial charge >= 0.3 is 0 Å². The smallest absolute Gasteiger partial charge is 0.120 e. The number of hydrogen-bond acceptors (Lipinski definition) is 4. The molecule has 5 nitrogen and oxygen atoms in total. The molecule has 0 aliphatic carbocycles. The fraction of sp³-hybridized carbons (Fsp3) is 0.239.